The van der Waals surface area contributed by atoms with E-state index in [4.69, 9.17) is 23.2 Å². The van der Waals surface area contributed by atoms with E-state index in [0.717, 1.165) is 0 Å². The highest BCUT2D eigenvalue weighted by atomic mass is 35.5. The van der Waals surface area contributed by atoms with Gasteiger partial charge in [-0.3, -0.25) is 4.79 Å². The van der Waals surface area contributed by atoms with Crippen molar-refractivity contribution in [3.63, 3.8) is 0 Å². The maximum absolute atomic E-state index is 12.3. The predicted octanol–water partition coefficient (Wildman–Crippen LogP) is 3.77. The maximum atomic E-state index is 12.3. The number of nitrogens with zero attached hydrogens (tertiary/aromatic N) is 1. The number of benzene rings is 1. The van der Waals surface area contributed by atoms with Gasteiger partial charge >= 0.3 is 6.36 Å². The standard InChI is InChI=1S/C14H15Cl2F3N2O2S/c1-13(16,7-15)12(22)20-11-6-21(8-24-11)9-3-2-4-10(5-9)23-14(17,18)19/h2-5,11H,6-8H2,1H3,(H,20,22). The van der Waals surface area contributed by atoms with Gasteiger partial charge in [-0.2, -0.15) is 0 Å². The van der Waals surface area contributed by atoms with Crippen LogP contribution in [0.5, 0.6) is 5.75 Å². The summed E-state index contributed by atoms with van der Waals surface area (Å²) in [7, 11) is 0. The number of rotatable bonds is 5. The fourth-order valence-corrected chi connectivity index (χ4v) is 3.25. The summed E-state index contributed by atoms with van der Waals surface area (Å²) in [6.07, 6.45) is -4.73. The molecule has 1 aromatic carbocycles. The number of halogens is 5. The summed E-state index contributed by atoms with van der Waals surface area (Å²) in [6.45, 7) is 1.95. The number of thioether (sulfide) groups is 1. The molecule has 0 bridgehead atoms. The molecular formula is C14H15Cl2F3N2O2S. The Bertz CT molecular complexity index is 602. The minimum atomic E-state index is -4.73. The first-order chi connectivity index (χ1) is 11.1. The van der Waals surface area contributed by atoms with Crippen LogP contribution in [0.1, 0.15) is 6.92 Å². The van der Waals surface area contributed by atoms with Gasteiger partial charge in [0.2, 0.25) is 5.91 Å². The highest BCUT2D eigenvalue weighted by Gasteiger charge is 2.34. The number of amides is 1. The quantitative estimate of drug-likeness (QED) is 0.761. The van der Waals surface area contributed by atoms with Crippen molar-refractivity contribution < 1.29 is 22.7 Å². The molecule has 24 heavy (non-hydrogen) atoms. The lowest BCUT2D eigenvalue weighted by molar-refractivity contribution is -0.274. The molecular weight excluding hydrogens is 388 g/mol. The van der Waals surface area contributed by atoms with Gasteiger partial charge in [-0.1, -0.05) is 6.07 Å². The van der Waals surface area contributed by atoms with Gasteiger partial charge < -0.3 is 15.0 Å². The topological polar surface area (TPSA) is 41.6 Å². The Kier molecular flexibility index (Phi) is 6.04. The lowest BCUT2D eigenvalue weighted by Crippen LogP contribution is -2.46. The molecule has 4 nitrogen and oxygen atoms in total. The molecule has 0 spiro atoms. The van der Waals surface area contributed by atoms with Gasteiger partial charge in [-0.25, -0.2) is 0 Å². The monoisotopic (exact) mass is 402 g/mol. The fourth-order valence-electron chi connectivity index (χ4n) is 1.99. The number of ether oxygens (including phenoxy) is 1. The molecule has 1 aliphatic rings. The zero-order chi connectivity index (χ0) is 18.0. The largest absolute Gasteiger partial charge is 0.573 e. The number of hydrogen-bond acceptors (Lipinski definition) is 4. The van der Waals surface area contributed by atoms with E-state index in [-0.39, 0.29) is 22.9 Å². The van der Waals surface area contributed by atoms with E-state index in [2.05, 4.69) is 10.1 Å². The minimum Gasteiger partial charge on any atom is -0.406 e. The molecule has 2 rings (SSSR count). The average molecular weight is 403 g/mol. The summed E-state index contributed by atoms with van der Waals surface area (Å²) >= 11 is 13.1. The van der Waals surface area contributed by atoms with Crippen LogP contribution in [-0.2, 0) is 4.79 Å². The van der Waals surface area contributed by atoms with Crippen LogP contribution in [0, 0.1) is 0 Å². The average Bonchev–Trinajstić information content (AvgIpc) is 2.94. The normalized spacial score (nSPS) is 20.6. The van der Waals surface area contributed by atoms with Crippen LogP contribution in [0.3, 0.4) is 0 Å². The first-order valence-corrected chi connectivity index (χ1v) is 8.85. The van der Waals surface area contributed by atoms with Gasteiger partial charge in [-0.05, 0) is 19.1 Å². The number of hydrogen-bond donors (Lipinski definition) is 1. The molecule has 1 aliphatic heterocycles. The third kappa shape index (κ3) is 5.26. The first-order valence-electron chi connectivity index (χ1n) is 6.89. The van der Waals surface area contributed by atoms with E-state index in [1.165, 1.54) is 36.9 Å². The second-order valence-corrected chi connectivity index (χ2v) is 7.62. The first kappa shape index (κ1) is 19.3. The Morgan fingerprint density at radius 3 is 2.83 bits per heavy atom. The summed E-state index contributed by atoms with van der Waals surface area (Å²) in [5.41, 5.74) is 0.576. The third-order valence-electron chi connectivity index (χ3n) is 3.25. The smallest absolute Gasteiger partial charge is 0.406 e. The molecule has 10 heteroatoms. The molecule has 1 amide bonds. The SMILES string of the molecule is CC(Cl)(CCl)C(=O)NC1CN(c2cccc(OC(F)(F)F)c2)CS1. The molecule has 1 aromatic rings. The Hall–Kier alpha value is -0.990. The van der Waals surface area contributed by atoms with E-state index < -0.39 is 11.2 Å². The molecule has 2 atom stereocenters. The van der Waals surface area contributed by atoms with Crippen LogP contribution in [0.2, 0.25) is 0 Å². The van der Waals surface area contributed by atoms with Gasteiger partial charge in [0.15, 0.2) is 0 Å². The Balaban J connectivity index is 1.98. The molecule has 0 aromatic heterocycles. The number of anilines is 1. The van der Waals surface area contributed by atoms with Crippen molar-refractivity contribution in [2.75, 3.05) is 23.2 Å². The second kappa shape index (κ2) is 7.49. The summed E-state index contributed by atoms with van der Waals surface area (Å²) in [4.78, 5) is 12.6. The third-order valence-corrected chi connectivity index (χ3v) is 5.36. The van der Waals surface area contributed by atoms with Crippen LogP contribution < -0.4 is 15.0 Å². The van der Waals surface area contributed by atoms with Crippen LogP contribution in [0.15, 0.2) is 24.3 Å². The molecule has 0 radical (unpaired) electrons. The summed E-state index contributed by atoms with van der Waals surface area (Å²) < 4.78 is 40.8. The molecule has 2 unspecified atom stereocenters. The maximum Gasteiger partial charge on any atom is 0.573 e. The summed E-state index contributed by atoms with van der Waals surface area (Å²) in [6, 6.07) is 5.70. The van der Waals surface area contributed by atoms with Crippen molar-refractivity contribution >= 4 is 46.6 Å². The van der Waals surface area contributed by atoms with Crippen molar-refractivity contribution in [3.05, 3.63) is 24.3 Å². The zero-order valence-corrected chi connectivity index (χ0v) is 14.9. The van der Waals surface area contributed by atoms with Crippen molar-refractivity contribution in [1.29, 1.82) is 0 Å². The van der Waals surface area contributed by atoms with Crippen molar-refractivity contribution in [3.8, 4) is 5.75 Å². The van der Waals surface area contributed by atoms with Gasteiger partial charge in [-0.15, -0.1) is 48.1 Å². The van der Waals surface area contributed by atoms with Gasteiger partial charge in [0.05, 0.1) is 17.1 Å². The van der Waals surface area contributed by atoms with E-state index in [9.17, 15) is 18.0 Å². The summed E-state index contributed by atoms with van der Waals surface area (Å²) in [5.74, 6) is -0.181. The van der Waals surface area contributed by atoms with Gasteiger partial charge in [0.1, 0.15) is 10.6 Å². The molecule has 1 saturated heterocycles. The number of alkyl halides is 5. The highest BCUT2D eigenvalue weighted by molar-refractivity contribution is 8.00. The molecule has 134 valence electrons. The molecule has 0 aliphatic carbocycles. The zero-order valence-electron chi connectivity index (χ0n) is 12.6. The number of nitrogens with one attached hydrogen (secondary N) is 1. The Labute approximate surface area is 151 Å². The van der Waals surface area contributed by atoms with Crippen LogP contribution in [0.4, 0.5) is 18.9 Å². The van der Waals surface area contributed by atoms with E-state index in [1.807, 2.05) is 4.90 Å². The number of carbonyl (C=O) groups excluding carboxylic acids is 1. The molecule has 1 N–H and O–H groups in total. The lowest BCUT2D eigenvalue weighted by Gasteiger charge is -2.22. The van der Waals surface area contributed by atoms with E-state index in [1.54, 1.807) is 6.07 Å². The van der Waals surface area contributed by atoms with Crippen LogP contribution in [-0.4, -0.2) is 40.8 Å². The summed E-state index contributed by atoms with van der Waals surface area (Å²) in [5, 5.41) is 2.55. The van der Waals surface area contributed by atoms with Crippen molar-refractivity contribution in [1.82, 2.24) is 5.32 Å². The minimum absolute atomic E-state index is 0.0294. The predicted molar refractivity (Wildman–Crippen MR) is 89.8 cm³/mol. The van der Waals surface area contributed by atoms with Gasteiger partial charge in [0, 0.05) is 18.3 Å². The molecule has 1 heterocycles. The van der Waals surface area contributed by atoms with E-state index >= 15 is 0 Å². The van der Waals surface area contributed by atoms with Crippen molar-refractivity contribution in [2.24, 2.45) is 0 Å². The van der Waals surface area contributed by atoms with E-state index in [0.29, 0.717) is 18.1 Å². The van der Waals surface area contributed by atoms with Crippen molar-refractivity contribution in [2.45, 2.75) is 23.5 Å². The molecule has 1 fully saturated rings. The second-order valence-electron chi connectivity index (χ2n) is 5.36. The fraction of sp³-hybridized carbons (Fsp3) is 0.500. The number of carbonyl (C=O) groups is 1. The van der Waals surface area contributed by atoms with Gasteiger partial charge in [0.25, 0.3) is 0 Å². The molecule has 0 saturated carbocycles. The van der Waals surface area contributed by atoms with Crippen LogP contribution in [0.25, 0.3) is 0 Å². The highest BCUT2D eigenvalue weighted by Crippen LogP contribution is 2.31. The Morgan fingerprint density at radius 1 is 1.50 bits per heavy atom. The lowest BCUT2D eigenvalue weighted by atomic mass is 10.2. The van der Waals surface area contributed by atoms with Crippen LogP contribution >= 0.6 is 35.0 Å². The Morgan fingerprint density at radius 2 is 2.21 bits per heavy atom.